The Hall–Kier alpha value is -2.16. The third-order valence-corrected chi connectivity index (χ3v) is 2.57. The van der Waals surface area contributed by atoms with Crippen LogP contribution in [0.3, 0.4) is 0 Å². The van der Waals surface area contributed by atoms with Crippen molar-refractivity contribution in [3.8, 4) is 0 Å². The zero-order valence-electron chi connectivity index (χ0n) is 9.71. The van der Waals surface area contributed by atoms with E-state index in [2.05, 4.69) is 4.98 Å². The van der Waals surface area contributed by atoms with Crippen LogP contribution in [0.1, 0.15) is 5.56 Å². The van der Waals surface area contributed by atoms with Gasteiger partial charge >= 0.3 is 0 Å². The molecule has 0 fully saturated rings. The standard InChI is InChI=1S/C14H14N2O/c1-16(13-9-5-6-10-15-13)14(17)11-12-7-3-2-4-8-12/h2-10H,11H2,1H3. The molecule has 3 heteroatoms. The van der Waals surface area contributed by atoms with E-state index in [4.69, 9.17) is 0 Å². The maximum absolute atomic E-state index is 12.0. The lowest BCUT2D eigenvalue weighted by molar-refractivity contribution is -0.117. The fourth-order valence-electron chi connectivity index (χ4n) is 1.57. The molecule has 1 aromatic heterocycles. The van der Waals surface area contributed by atoms with E-state index in [0.717, 1.165) is 5.56 Å². The van der Waals surface area contributed by atoms with Crippen LogP contribution in [0.25, 0.3) is 0 Å². The van der Waals surface area contributed by atoms with Gasteiger partial charge in [0, 0.05) is 13.2 Å². The average Bonchev–Trinajstić information content (AvgIpc) is 2.40. The van der Waals surface area contributed by atoms with Crippen LogP contribution in [-0.4, -0.2) is 17.9 Å². The van der Waals surface area contributed by atoms with Gasteiger partial charge in [-0.2, -0.15) is 0 Å². The Morgan fingerprint density at radius 3 is 2.47 bits per heavy atom. The van der Waals surface area contributed by atoms with E-state index in [1.54, 1.807) is 18.1 Å². The third-order valence-electron chi connectivity index (χ3n) is 2.57. The summed E-state index contributed by atoms with van der Waals surface area (Å²) in [6.07, 6.45) is 2.08. The summed E-state index contributed by atoms with van der Waals surface area (Å²) in [6, 6.07) is 15.2. The molecule has 0 saturated carbocycles. The smallest absolute Gasteiger partial charge is 0.232 e. The lowest BCUT2D eigenvalue weighted by Crippen LogP contribution is -2.28. The Bertz CT molecular complexity index is 482. The molecule has 1 amide bonds. The number of likely N-dealkylation sites (N-methyl/N-ethyl adjacent to an activating group) is 1. The number of anilines is 1. The molecular formula is C14H14N2O. The van der Waals surface area contributed by atoms with Crippen LogP contribution in [-0.2, 0) is 11.2 Å². The number of rotatable bonds is 3. The molecule has 0 aliphatic heterocycles. The predicted octanol–water partition coefficient (Wildman–Crippen LogP) is 2.29. The van der Waals surface area contributed by atoms with Crippen LogP contribution in [0.2, 0.25) is 0 Å². The number of nitrogens with zero attached hydrogens (tertiary/aromatic N) is 2. The molecule has 3 nitrogen and oxygen atoms in total. The van der Waals surface area contributed by atoms with Gasteiger partial charge < -0.3 is 0 Å². The normalized spacial score (nSPS) is 9.94. The monoisotopic (exact) mass is 226 g/mol. The predicted molar refractivity (Wildman–Crippen MR) is 67.8 cm³/mol. The number of amides is 1. The SMILES string of the molecule is CN(C(=O)Cc1ccccc1)c1ccccn1. The van der Waals surface area contributed by atoms with E-state index in [0.29, 0.717) is 12.2 Å². The van der Waals surface area contributed by atoms with Gasteiger partial charge in [0.15, 0.2) is 0 Å². The number of pyridine rings is 1. The molecule has 17 heavy (non-hydrogen) atoms. The minimum atomic E-state index is 0.0369. The molecule has 2 rings (SSSR count). The number of carbonyl (C=O) groups is 1. The zero-order chi connectivity index (χ0) is 12.1. The highest BCUT2D eigenvalue weighted by Gasteiger charge is 2.11. The highest BCUT2D eigenvalue weighted by molar-refractivity contribution is 5.93. The summed E-state index contributed by atoms with van der Waals surface area (Å²) in [7, 11) is 1.74. The average molecular weight is 226 g/mol. The van der Waals surface area contributed by atoms with E-state index in [-0.39, 0.29) is 5.91 Å². The Kier molecular flexibility index (Phi) is 3.50. The van der Waals surface area contributed by atoms with Gasteiger partial charge in [0.2, 0.25) is 5.91 Å². The van der Waals surface area contributed by atoms with Crippen LogP contribution in [0, 0.1) is 0 Å². The van der Waals surface area contributed by atoms with Crippen molar-refractivity contribution < 1.29 is 4.79 Å². The van der Waals surface area contributed by atoms with Crippen molar-refractivity contribution in [2.75, 3.05) is 11.9 Å². The van der Waals surface area contributed by atoms with Gasteiger partial charge in [0.05, 0.1) is 6.42 Å². The molecule has 0 radical (unpaired) electrons. The summed E-state index contributed by atoms with van der Waals surface area (Å²) in [5.41, 5.74) is 1.01. The molecular weight excluding hydrogens is 212 g/mol. The van der Waals surface area contributed by atoms with Gasteiger partial charge in [-0.05, 0) is 17.7 Å². The highest BCUT2D eigenvalue weighted by Crippen LogP contribution is 2.09. The number of carbonyl (C=O) groups excluding carboxylic acids is 1. The van der Waals surface area contributed by atoms with E-state index in [1.807, 2.05) is 48.5 Å². The van der Waals surface area contributed by atoms with E-state index >= 15 is 0 Å². The van der Waals surface area contributed by atoms with E-state index in [1.165, 1.54) is 0 Å². The van der Waals surface area contributed by atoms with E-state index in [9.17, 15) is 4.79 Å². The number of benzene rings is 1. The topological polar surface area (TPSA) is 33.2 Å². The van der Waals surface area contributed by atoms with Crippen molar-refractivity contribution >= 4 is 11.7 Å². The molecule has 0 bridgehead atoms. The minimum absolute atomic E-state index is 0.0369. The highest BCUT2D eigenvalue weighted by atomic mass is 16.2. The minimum Gasteiger partial charge on any atom is -0.300 e. The Morgan fingerprint density at radius 2 is 1.82 bits per heavy atom. The number of hydrogen-bond donors (Lipinski definition) is 0. The molecule has 0 spiro atoms. The van der Waals surface area contributed by atoms with Gasteiger partial charge in [-0.1, -0.05) is 36.4 Å². The van der Waals surface area contributed by atoms with Crippen LogP contribution in [0.4, 0.5) is 5.82 Å². The fraction of sp³-hybridized carbons (Fsp3) is 0.143. The third kappa shape index (κ3) is 2.91. The molecule has 1 aromatic carbocycles. The summed E-state index contributed by atoms with van der Waals surface area (Å²) in [5.74, 6) is 0.711. The number of aromatic nitrogens is 1. The second-order valence-corrected chi connectivity index (χ2v) is 3.80. The summed E-state index contributed by atoms with van der Waals surface area (Å²) in [4.78, 5) is 17.7. The van der Waals surface area contributed by atoms with Crippen molar-refractivity contribution in [1.82, 2.24) is 4.98 Å². The molecule has 2 aromatic rings. The Morgan fingerprint density at radius 1 is 1.12 bits per heavy atom. The Labute approximate surface area is 101 Å². The van der Waals surface area contributed by atoms with Gasteiger partial charge in [-0.25, -0.2) is 4.98 Å². The maximum Gasteiger partial charge on any atom is 0.232 e. The molecule has 0 unspecified atom stereocenters. The molecule has 0 aliphatic carbocycles. The zero-order valence-corrected chi connectivity index (χ0v) is 9.71. The first kappa shape index (κ1) is 11.3. The first-order chi connectivity index (χ1) is 8.27. The van der Waals surface area contributed by atoms with E-state index < -0.39 is 0 Å². The molecule has 0 aliphatic rings. The summed E-state index contributed by atoms with van der Waals surface area (Å²) < 4.78 is 0. The summed E-state index contributed by atoms with van der Waals surface area (Å²) in [5, 5.41) is 0. The van der Waals surface area contributed by atoms with Crippen LogP contribution in [0.5, 0.6) is 0 Å². The summed E-state index contributed by atoms with van der Waals surface area (Å²) in [6.45, 7) is 0. The van der Waals surface area contributed by atoms with Crippen molar-refractivity contribution in [3.63, 3.8) is 0 Å². The Balaban J connectivity index is 2.06. The quantitative estimate of drug-likeness (QED) is 0.804. The van der Waals surface area contributed by atoms with Crippen molar-refractivity contribution in [2.45, 2.75) is 6.42 Å². The van der Waals surface area contributed by atoms with Gasteiger partial charge in [0.25, 0.3) is 0 Å². The van der Waals surface area contributed by atoms with Gasteiger partial charge in [-0.15, -0.1) is 0 Å². The molecule has 0 saturated heterocycles. The first-order valence-corrected chi connectivity index (χ1v) is 5.49. The summed E-state index contributed by atoms with van der Waals surface area (Å²) >= 11 is 0. The van der Waals surface area contributed by atoms with Crippen LogP contribution < -0.4 is 4.90 Å². The lowest BCUT2D eigenvalue weighted by Gasteiger charge is -2.15. The van der Waals surface area contributed by atoms with Crippen LogP contribution >= 0.6 is 0 Å². The molecule has 1 heterocycles. The van der Waals surface area contributed by atoms with Crippen molar-refractivity contribution in [2.24, 2.45) is 0 Å². The van der Waals surface area contributed by atoms with Gasteiger partial charge in [-0.3, -0.25) is 9.69 Å². The second kappa shape index (κ2) is 5.25. The van der Waals surface area contributed by atoms with Gasteiger partial charge in [0.1, 0.15) is 5.82 Å². The molecule has 0 atom stereocenters. The number of hydrogen-bond acceptors (Lipinski definition) is 2. The second-order valence-electron chi connectivity index (χ2n) is 3.80. The maximum atomic E-state index is 12.0. The van der Waals surface area contributed by atoms with Crippen molar-refractivity contribution in [1.29, 1.82) is 0 Å². The first-order valence-electron chi connectivity index (χ1n) is 5.49. The molecule has 86 valence electrons. The van der Waals surface area contributed by atoms with Crippen LogP contribution in [0.15, 0.2) is 54.7 Å². The fourth-order valence-corrected chi connectivity index (χ4v) is 1.57. The largest absolute Gasteiger partial charge is 0.300 e. The lowest BCUT2D eigenvalue weighted by atomic mass is 10.1. The molecule has 0 N–H and O–H groups in total. The van der Waals surface area contributed by atoms with Crippen molar-refractivity contribution in [3.05, 3.63) is 60.3 Å².